The summed E-state index contributed by atoms with van der Waals surface area (Å²) < 4.78 is 0. The lowest BCUT2D eigenvalue weighted by molar-refractivity contribution is 0.112. The summed E-state index contributed by atoms with van der Waals surface area (Å²) in [5.41, 5.74) is 0.749. The van der Waals surface area contributed by atoms with Gasteiger partial charge in [-0.25, -0.2) is 9.97 Å². The molecule has 0 aliphatic rings. The van der Waals surface area contributed by atoms with Crippen molar-refractivity contribution in [3.63, 3.8) is 0 Å². The Kier molecular flexibility index (Phi) is 2.35. The van der Waals surface area contributed by atoms with Gasteiger partial charge in [0.05, 0.1) is 10.5 Å². The van der Waals surface area contributed by atoms with Gasteiger partial charge in [-0.05, 0) is 17.7 Å². The highest BCUT2D eigenvalue weighted by Crippen LogP contribution is 2.23. The van der Waals surface area contributed by atoms with E-state index in [1.54, 1.807) is 18.2 Å². The lowest BCUT2D eigenvalue weighted by Crippen LogP contribution is -1.93. The lowest BCUT2D eigenvalue weighted by atomic mass is 10.2. The van der Waals surface area contributed by atoms with Crippen molar-refractivity contribution in [2.24, 2.45) is 0 Å². The molecule has 0 saturated heterocycles. The Bertz CT molecular complexity index is 513. The second kappa shape index (κ2) is 3.52. The van der Waals surface area contributed by atoms with E-state index in [-0.39, 0.29) is 11.0 Å². The average Bonchev–Trinajstić information content (AvgIpc) is 2.18. The van der Waals surface area contributed by atoms with Crippen LogP contribution in [0, 0.1) is 0 Å². The maximum Gasteiger partial charge on any atom is 0.223 e. The topological polar surface area (TPSA) is 42.9 Å². The number of carbonyl (C=O) groups is 1. The highest BCUT2D eigenvalue weighted by atomic mass is 35.5. The van der Waals surface area contributed by atoms with Gasteiger partial charge in [-0.3, -0.25) is 4.79 Å². The maximum atomic E-state index is 10.7. The largest absolute Gasteiger partial charge is 0.296 e. The number of nitrogens with zero attached hydrogens (tertiary/aromatic N) is 2. The first-order valence-electron chi connectivity index (χ1n) is 3.79. The number of aromatic nitrogens is 2. The van der Waals surface area contributed by atoms with Crippen molar-refractivity contribution in [3.05, 3.63) is 34.2 Å². The summed E-state index contributed by atoms with van der Waals surface area (Å²) >= 11 is 11.5. The Morgan fingerprint density at radius 2 is 2.00 bits per heavy atom. The zero-order valence-electron chi connectivity index (χ0n) is 6.87. The zero-order valence-corrected chi connectivity index (χ0v) is 8.38. The molecule has 0 aliphatic heterocycles. The summed E-state index contributed by atoms with van der Waals surface area (Å²) in [7, 11) is 0. The molecule has 1 heterocycles. The van der Waals surface area contributed by atoms with E-state index >= 15 is 0 Å². The average molecular weight is 227 g/mol. The molecule has 0 saturated carbocycles. The van der Waals surface area contributed by atoms with Gasteiger partial charge < -0.3 is 0 Å². The number of aldehydes is 1. The van der Waals surface area contributed by atoms with Crippen LogP contribution in [-0.2, 0) is 0 Å². The molecule has 0 fully saturated rings. The first-order chi connectivity index (χ1) is 6.72. The van der Waals surface area contributed by atoms with E-state index in [1.807, 2.05) is 0 Å². The Morgan fingerprint density at radius 3 is 2.71 bits per heavy atom. The number of para-hydroxylation sites is 1. The fourth-order valence-corrected chi connectivity index (χ4v) is 1.59. The summed E-state index contributed by atoms with van der Waals surface area (Å²) in [5.74, 6) is 0. The molecule has 0 spiro atoms. The summed E-state index contributed by atoms with van der Waals surface area (Å²) in [6, 6.07) is 5.14. The van der Waals surface area contributed by atoms with Crippen molar-refractivity contribution in [2.75, 3.05) is 0 Å². The van der Waals surface area contributed by atoms with Crippen LogP contribution in [-0.4, -0.2) is 16.3 Å². The predicted octanol–water partition coefficient (Wildman–Crippen LogP) is 2.75. The van der Waals surface area contributed by atoms with Gasteiger partial charge in [0, 0.05) is 5.39 Å². The SMILES string of the molecule is O=Cc1nc(Cl)nc2c(Cl)cccc12. The smallest absolute Gasteiger partial charge is 0.223 e. The summed E-state index contributed by atoms with van der Waals surface area (Å²) in [6.07, 6.45) is 0.631. The monoisotopic (exact) mass is 226 g/mol. The van der Waals surface area contributed by atoms with Crippen LogP contribution in [0.1, 0.15) is 10.5 Å². The molecule has 14 heavy (non-hydrogen) atoms. The number of benzene rings is 1. The summed E-state index contributed by atoms with van der Waals surface area (Å²) in [6.45, 7) is 0. The normalized spacial score (nSPS) is 10.4. The number of rotatable bonds is 1. The molecule has 0 unspecified atom stereocenters. The van der Waals surface area contributed by atoms with E-state index in [0.29, 0.717) is 22.2 Å². The first kappa shape index (κ1) is 9.37. The van der Waals surface area contributed by atoms with Gasteiger partial charge in [-0.1, -0.05) is 23.7 Å². The molecule has 0 radical (unpaired) electrons. The molecular formula is C9H4Cl2N2O. The molecule has 0 bridgehead atoms. The van der Waals surface area contributed by atoms with Crippen molar-refractivity contribution < 1.29 is 4.79 Å². The number of carbonyl (C=O) groups excluding carboxylic acids is 1. The van der Waals surface area contributed by atoms with Crippen molar-refractivity contribution in [3.8, 4) is 0 Å². The Labute approximate surface area is 89.7 Å². The Balaban J connectivity index is 2.94. The van der Waals surface area contributed by atoms with E-state index in [4.69, 9.17) is 23.2 Å². The van der Waals surface area contributed by atoms with Crippen LogP contribution in [0.15, 0.2) is 18.2 Å². The van der Waals surface area contributed by atoms with E-state index in [9.17, 15) is 4.79 Å². The molecule has 0 aliphatic carbocycles. The van der Waals surface area contributed by atoms with Crippen LogP contribution < -0.4 is 0 Å². The zero-order chi connectivity index (χ0) is 10.1. The van der Waals surface area contributed by atoms with Crippen LogP contribution in [0.5, 0.6) is 0 Å². The first-order valence-corrected chi connectivity index (χ1v) is 4.55. The second-order valence-electron chi connectivity index (χ2n) is 2.63. The van der Waals surface area contributed by atoms with Gasteiger partial charge in [0.15, 0.2) is 6.29 Å². The van der Waals surface area contributed by atoms with Crippen LogP contribution in [0.4, 0.5) is 0 Å². The lowest BCUT2D eigenvalue weighted by Gasteiger charge is -2.01. The number of hydrogen-bond donors (Lipinski definition) is 0. The second-order valence-corrected chi connectivity index (χ2v) is 3.38. The minimum absolute atomic E-state index is 0.0210. The fourth-order valence-electron chi connectivity index (χ4n) is 1.20. The Hall–Kier alpha value is -1.19. The van der Waals surface area contributed by atoms with Gasteiger partial charge in [-0.2, -0.15) is 0 Å². The van der Waals surface area contributed by atoms with Gasteiger partial charge in [-0.15, -0.1) is 0 Å². The molecule has 0 N–H and O–H groups in total. The van der Waals surface area contributed by atoms with Crippen LogP contribution >= 0.6 is 23.2 Å². The number of halogens is 2. The highest BCUT2D eigenvalue weighted by Gasteiger charge is 2.07. The number of hydrogen-bond acceptors (Lipinski definition) is 3. The third kappa shape index (κ3) is 1.45. The van der Waals surface area contributed by atoms with E-state index in [1.165, 1.54) is 0 Å². The molecular weight excluding hydrogens is 223 g/mol. The highest BCUT2D eigenvalue weighted by molar-refractivity contribution is 6.35. The van der Waals surface area contributed by atoms with Gasteiger partial charge in [0.1, 0.15) is 5.69 Å². The minimum Gasteiger partial charge on any atom is -0.296 e. The molecule has 1 aromatic heterocycles. The van der Waals surface area contributed by atoms with E-state index in [0.717, 1.165) is 0 Å². The third-order valence-corrected chi connectivity index (χ3v) is 2.27. The molecule has 3 nitrogen and oxygen atoms in total. The van der Waals surface area contributed by atoms with Gasteiger partial charge >= 0.3 is 0 Å². The van der Waals surface area contributed by atoms with Crippen LogP contribution in [0.3, 0.4) is 0 Å². The third-order valence-electron chi connectivity index (χ3n) is 1.79. The van der Waals surface area contributed by atoms with E-state index in [2.05, 4.69) is 9.97 Å². The molecule has 0 amide bonds. The standard InChI is InChI=1S/C9H4Cl2N2O/c10-6-3-1-2-5-7(4-14)12-9(11)13-8(5)6/h1-4H. The quantitative estimate of drug-likeness (QED) is 0.555. The summed E-state index contributed by atoms with van der Waals surface area (Å²) in [4.78, 5) is 18.4. The Morgan fingerprint density at radius 1 is 1.21 bits per heavy atom. The van der Waals surface area contributed by atoms with Crippen molar-refractivity contribution in [2.45, 2.75) is 0 Å². The molecule has 70 valence electrons. The van der Waals surface area contributed by atoms with Crippen molar-refractivity contribution in [1.82, 2.24) is 9.97 Å². The molecule has 5 heteroatoms. The molecule has 1 aromatic carbocycles. The fraction of sp³-hybridized carbons (Fsp3) is 0. The van der Waals surface area contributed by atoms with Gasteiger partial charge in [0.25, 0.3) is 0 Å². The number of fused-ring (bicyclic) bond motifs is 1. The molecule has 2 aromatic rings. The minimum atomic E-state index is 0.0210. The molecule has 0 atom stereocenters. The van der Waals surface area contributed by atoms with Crippen molar-refractivity contribution >= 4 is 40.4 Å². The van der Waals surface area contributed by atoms with E-state index < -0.39 is 0 Å². The van der Waals surface area contributed by atoms with Crippen LogP contribution in [0.25, 0.3) is 10.9 Å². The van der Waals surface area contributed by atoms with Gasteiger partial charge in [0.2, 0.25) is 5.28 Å². The van der Waals surface area contributed by atoms with Crippen LogP contribution in [0.2, 0.25) is 10.3 Å². The van der Waals surface area contributed by atoms with Crippen molar-refractivity contribution in [1.29, 1.82) is 0 Å². The predicted molar refractivity (Wildman–Crippen MR) is 54.9 cm³/mol. The maximum absolute atomic E-state index is 10.7. The molecule has 2 rings (SSSR count). The summed E-state index contributed by atoms with van der Waals surface area (Å²) in [5, 5.41) is 1.08.